The third-order valence-corrected chi connectivity index (χ3v) is 4.83. The number of methoxy groups -OCH3 is 2. The highest BCUT2D eigenvalue weighted by atomic mass is 16.5. The molecule has 6 heteroatoms. The maximum absolute atomic E-state index is 5.30. The van der Waals surface area contributed by atoms with Crippen LogP contribution in [0, 0.1) is 0 Å². The highest BCUT2D eigenvalue weighted by Crippen LogP contribution is 2.28. The Bertz CT molecular complexity index is 1090. The van der Waals surface area contributed by atoms with Gasteiger partial charge in [0.05, 0.1) is 14.2 Å². The van der Waals surface area contributed by atoms with E-state index in [-0.39, 0.29) is 5.92 Å². The third-order valence-electron chi connectivity index (χ3n) is 4.83. The monoisotopic (exact) mass is 374 g/mol. The molecular formula is C22H22N4O2. The number of H-pyrrole nitrogens is 1. The molecule has 0 aliphatic carbocycles. The van der Waals surface area contributed by atoms with E-state index in [4.69, 9.17) is 9.47 Å². The van der Waals surface area contributed by atoms with Gasteiger partial charge in [-0.05, 0) is 52.7 Å². The van der Waals surface area contributed by atoms with Gasteiger partial charge in [0.1, 0.15) is 17.3 Å². The average molecular weight is 374 g/mol. The van der Waals surface area contributed by atoms with Gasteiger partial charge >= 0.3 is 0 Å². The second-order valence-corrected chi connectivity index (χ2v) is 6.59. The number of fused-ring (bicyclic) bond motifs is 1. The summed E-state index contributed by atoms with van der Waals surface area (Å²) < 4.78 is 10.5. The highest BCUT2D eigenvalue weighted by molar-refractivity contribution is 5.84. The van der Waals surface area contributed by atoms with Gasteiger partial charge in [-0.2, -0.15) is 4.98 Å². The predicted molar refractivity (Wildman–Crippen MR) is 111 cm³/mol. The van der Waals surface area contributed by atoms with E-state index in [1.165, 1.54) is 10.9 Å². The maximum Gasteiger partial charge on any atom is 0.246 e. The summed E-state index contributed by atoms with van der Waals surface area (Å²) in [4.78, 5) is 4.60. The number of hydrogen-bond acceptors (Lipinski definition) is 5. The van der Waals surface area contributed by atoms with Gasteiger partial charge in [-0.15, -0.1) is 5.10 Å². The number of aromatic nitrogens is 3. The van der Waals surface area contributed by atoms with Gasteiger partial charge < -0.3 is 14.8 Å². The molecule has 142 valence electrons. The number of hydrogen-bond donors (Lipinski definition) is 2. The van der Waals surface area contributed by atoms with E-state index < -0.39 is 0 Å². The summed E-state index contributed by atoms with van der Waals surface area (Å²) in [6.45, 7) is 2.11. The molecule has 0 radical (unpaired) electrons. The summed E-state index contributed by atoms with van der Waals surface area (Å²) in [5.74, 6) is 3.10. The molecule has 0 saturated carbocycles. The van der Waals surface area contributed by atoms with E-state index in [0.29, 0.717) is 5.95 Å². The lowest BCUT2D eigenvalue weighted by Gasteiger charge is -2.10. The molecule has 4 aromatic rings. The smallest absolute Gasteiger partial charge is 0.246 e. The first-order valence-corrected chi connectivity index (χ1v) is 9.07. The number of rotatable bonds is 6. The second-order valence-electron chi connectivity index (χ2n) is 6.59. The molecule has 0 spiro atoms. The molecule has 6 nitrogen and oxygen atoms in total. The molecule has 2 N–H and O–H groups in total. The molecule has 3 aromatic carbocycles. The Hall–Kier alpha value is -3.54. The van der Waals surface area contributed by atoms with Crippen molar-refractivity contribution in [1.82, 2.24) is 15.2 Å². The molecular weight excluding hydrogens is 352 g/mol. The molecule has 4 rings (SSSR count). The van der Waals surface area contributed by atoms with Gasteiger partial charge in [0.2, 0.25) is 5.95 Å². The Kier molecular flexibility index (Phi) is 4.85. The van der Waals surface area contributed by atoms with Crippen LogP contribution in [0.15, 0.2) is 60.7 Å². The molecule has 0 aliphatic rings. The maximum atomic E-state index is 5.30. The number of benzene rings is 3. The van der Waals surface area contributed by atoms with Gasteiger partial charge in [0.15, 0.2) is 0 Å². The van der Waals surface area contributed by atoms with Crippen LogP contribution in [-0.2, 0) is 0 Å². The van der Waals surface area contributed by atoms with Gasteiger partial charge in [-0.1, -0.05) is 31.2 Å². The van der Waals surface area contributed by atoms with E-state index in [1.807, 2.05) is 36.4 Å². The van der Waals surface area contributed by atoms with Crippen LogP contribution in [0.3, 0.4) is 0 Å². The van der Waals surface area contributed by atoms with Gasteiger partial charge in [-0.25, -0.2) is 0 Å². The molecule has 0 fully saturated rings. The molecule has 0 saturated heterocycles. The first-order chi connectivity index (χ1) is 13.7. The number of aromatic amines is 1. The summed E-state index contributed by atoms with van der Waals surface area (Å²) >= 11 is 0. The summed E-state index contributed by atoms with van der Waals surface area (Å²) in [6.07, 6.45) is 0. The minimum absolute atomic E-state index is 0.0884. The normalized spacial score (nSPS) is 12.0. The third kappa shape index (κ3) is 3.62. The quantitative estimate of drug-likeness (QED) is 0.504. The van der Waals surface area contributed by atoms with Crippen molar-refractivity contribution in [3.8, 4) is 11.5 Å². The molecule has 28 heavy (non-hydrogen) atoms. The SMILES string of the molecule is COc1ccc(Nc2n[nH]c(C(C)c3ccc4cc(OC)ccc4c3)n2)cc1. The van der Waals surface area contributed by atoms with Crippen molar-refractivity contribution in [1.29, 1.82) is 0 Å². The first kappa shape index (κ1) is 17.9. The minimum atomic E-state index is 0.0884. The van der Waals surface area contributed by atoms with Crippen molar-refractivity contribution in [2.45, 2.75) is 12.8 Å². The fourth-order valence-electron chi connectivity index (χ4n) is 3.12. The van der Waals surface area contributed by atoms with Crippen LogP contribution in [0.5, 0.6) is 11.5 Å². The molecule has 0 amide bonds. The Balaban J connectivity index is 1.53. The van der Waals surface area contributed by atoms with E-state index >= 15 is 0 Å². The largest absolute Gasteiger partial charge is 0.497 e. The van der Waals surface area contributed by atoms with Gasteiger partial charge in [-0.3, -0.25) is 5.10 Å². The van der Waals surface area contributed by atoms with Crippen molar-refractivity contribution >= 4 is 22.4 Å². The van der Waals surface area contributed by atoms with Crippen molar-refractivity contribution in [2.24, 2.45) is 0 Å². The molecule has 0 bridgehead atoms. The van der Waals surface area contributed by atoms with Crippen LogP contribution in [0.4, 0.5) is 11.6 Å². The zero-order valence-electron chi connectivity index (χ0n) is 16.1. The predicted octanol–water partition coefficient (Wildman–Crippen LogP) is 4.87. The Morgan fingerprint density at radius 2 is 1.54 bits per heavy atom. The summed E-state index contributed by atoms with van der Waals surface area (Å²) in [7, 11) is 3.33. The van der Waals surface area contributed by atoms with Crippen LogP contribution in [0.25, 0.3) is 10.8 Å². The van der Waals surface area contributed by atoms with Crippen molar-refractivity contribution in [3.63, 3.8) is 0 Å². The zero-order chi connectivity index (χ0) is 19.5. The number of anilines is 2. The van der Waals surface area contributed by atoms with E-state index in [0.717, 1.165) is 28.4 Å². The standard InChI is InChI=1S/C22H22N4O2/c1-14(15-4-5-17-13-20(28-3)9-6-16(17)12-15)21-24-22(26-25-21)23-18-7-10-19(27-2)11-8-18/h4-14H,1-3H3,(H2,23,24,25,26). The van der Waals surface area contributed by atoms with Crippen LogP contribution < -0.4 is 14.8 Å². The zero-order valence-corrected chi connectivity index (χ0v) is 16.1. The summed E-state index contributed by atoms with van der Waals surface area (Å²) in [6, 6.07) is 20.1. The Morgan fingerprint density at radius 1 is 0.857 bits per heavy atom. The lowest BCUT2D eigenvalue weighted by molar-refractivity contribution is 0.415. The molecule has 1 atom stereocenters. The lowest BCUT2D eigenvalue weighted by Crippen LogP contribution is -1.99. The van der Waals surface area contributed by atoms with Crippen molar-refractivity contribution in [2.75, 3.05) is 19.5 Å². The van der Waals surface area contributed by atoms with Crippen molar-refractivity contribution in [3.05, 3.63) is 72.1 Å². The Labute approximate surface area is 163 Å². The van der Waals surface area contributed by atoms with E-state index in [2.05, 4.69) is 51.7 Å². The van der Waals surface area contributed by atoms with Crippen LogP contribution in [-0.4, -0.2) is 29.4 Å². The average Bonchev–Trinajstić information content (AvgIpc) is 3.21. The second kappa shape index (κ2) is 7.60. The minimum Gasteiger partial charge on any atom is -0.497 e. The molecule has 1 unspecified atom stereocenters. The summed E-state index contributed by atoms with van der Waals surface area (Å²) in [5.41, 5.74) is 2.07. The van der Waals surface area contributed by atoms with E-state index in [9.17, 15) is 0 Å². The fraction of sp³-hybridized carbons (Fsp3) is 0.182. The van der Waals surface area contributed by atoms with Gasteiger partial charge in [0.25, 0.3) is 0 Å². The Morgan fingerprint density at radius 3 is 2.29 bits per heavy atom. The fourth-order valence-corrected chi connectivity index (χ4v) is 3.12. The lowest BCUT2D eigenvalue weighted by atomic mass is 9.97. The molecule has 0 aliphatic heterocycles. The summed E-state index contributed by atoms with van der Waals surface area (Å²) in [5, 5.41) is 12.9. The highest BCUT2D eigenvalue weighted by Gasteiger charge is 2.14. The van der Waals surface area contributed by atoms with Crippen LogP contribution in [0.1, 0.15) is 24.2 Å². The number of nitrogens with one attached hydrogen (secondary N) is 2. The first-order valence-electron chi connectivity index (χ1n) is 9.07. The van der Waals surface area contributed by atoms with Gasteiger partial charge in [0, 0.05) is 11.6 Å². The van der Waals surface area contributed by atoms with E-state index in [1.54, 1.807) is 14.2 Å². The number of ether oxygens (including phenoxy) is 2. The molecule has 1 heterocycles. The number of nitrogens with zero attached hydrogens (tertiary/aromatic N) is 2. The topological polar surface area (TPSA) is 72.1 Å². The van der Waals surface area contributed by atoms with Crippen molar-refractivity contribution < 1.29 is 9.47 Å². The molecule has 1 aromatic heterocycles. The van der Waals surface area contributed by atoms with Crippen LogP contribution in [0.2, 0.25) is 0 Å². The van der Waals surface area contributed by atoms with Crippen LogP contribution >= 0.6 is 0 Å².